The third-order valence-corrected chi connectivity index (χ3v) is 3.79. The number of halogens is 4. The molecule has 0 spiro atoms. The number of hydrazine groups is 1. The van der Waals surface area contributed by atoms with Gasteiger partial charge in [-0.3, -0.25) is 11.3 Å². The predicted octanol–water partition coefficient (Wildman–Crippen LogP) is 3.20. The lowest BCUT2D eigenvalue weighted by Crippen LogP contribution is -2.30. The molecule has 1 atom stereocenters. The Balaban J connectivity index is 2.40. The van der Waals surface area contributed by atoms with Gasteiger partial charge in [0.25, 0.3) is 0 Å². The van der Waals surface area contributed by atoms with Crippen LogP contribution in [0.2, 0.25) is 0 Å². The van der Waals surface area contributed by atoms with E-state index in [1.807, 2.05) is 0 Å². The number of hydrogen-bond acceptors (Lipinski definition) is 3. The molecule has 7 heteroatoms. The SMILES string of the molecule is NNC(Cc1c(F)ccc(Br)c1F)c1cc(F)ccc1N. The van der Waals surface area contributed by atoms with Crippen molar-refractivity contribution in [1.82, 2.24) is 5.43 Å². The minimum absolute atomic E-state index is 0.110. The van der Waals surface area contributed by atoms with E-state index in [9.17, 15) is 13.2 Å². The molecule has 0 aromatic heterocycles. The van der Waals surface area contributed by atoms with E-state index in [0.29, 0.717) is 5.56 Å². The summed E-state index contributed by atoms with van der Waals surface area (Å²) in [5.41, 5.74) is 8.65. The van der Waals surface area contributed by atoms with E-state index in [0.717, 1.165) is 6.07 Å². The van der Waals surface area contributed by atoms with Gasteiger partial charge in [-0.1, -0.05) is 0 Å². The number of nitrogen functional groups attached to an aromatic ring is 1. The Morgan fingerprint density at radius 1 is 1.14 bits per heavy atom. The fourth-order valence-electron chi connectivity index (χ4n) is 2.07. The van der Waals surface area contributed by atoms with Crippen molar-refractivity contribution < 1.29 is 13.2 Å². The zero-order valence-corrected chi connectivity index (χ0v) is 12.4. The van der Waals surface area contributed by atoms with E-state index in [4.69, 9.17) is 11.6 Å². The molecule has 0 aliphatic carbocycles. The normalized spacial score (nSPS) is 12.4. The lowest BCUT2D eigenvalue weighted by Gasteiger charge is -2.19. The summed E-state index contributed by atoms with van der Waals surface area (Å²) in [7, 11) is 0. The van der Waals surface area contributed by atoms with Crippen molar-refractivity contribution in [3.63, 3.8) is 0 Å². The maximum Gasteiger partial charge on any atom is 0.143 e. The van der Waals surface area contributed by atoms with Crippen LogP contribution in [0.4, 0.5) is 18.9 Å². The average molecular weight is 360 g/mol. The minimum Gasteiger partial charge on any atom is -0.398 e. The highest BCUT2D eigenvalue weighted by Crippen LogP contribution is 2.28. The smallest absolute Gasteiger partial charge is 0.143 e. The van der Waals surface area contributed by atoms with Crippen LogP contribution in [0.1, 0.15) is 17.2 Å². The Hall–Kier alpha value is -1.57. The molecular weight excluding hydrogens is 347 g/mol. The van der Waals surface area contributed by atoms with Crippen LogP contribution in [0.15, 0.2) is 34.8 Å². The van der Waals surface area contributed by atoms with Gasteiger partial charge in [-0.25, -0.2) is 13.2 Å². The van der Waals surface area contributed by atoms with Crippen molar-refractivity contribution in [2.24, 2.45) is 5.84 Å². The van der Waals surface area contributed by atoms with Gasteiger partial charge in [0, 0.05) is 11.3 Å². The molecule has 1 unspecified atom stereocenters. The molecule has 2 rings (SSSR count). The van der Waals surface area contributed by atoms with E-state index in [-0.39, 0.29) is 22.1 Å². The minimum atomic E-state index is -0.723. The lowest BCUT2D eigenvalue weighted by atomic mass is 9.97. The molecule has 0 aliphatic rings. The summed E-state index contributed by atoms with van der Waals surface area (Å²) in [6, 6.07) is 5.46. The van der Waals surface area contributed by atoms with Gasteiger partial charge < -0.3 is 5.73 Å². The number of rotatable bonds is 4. The Bertz CT molecular complexity index is 664. The van der Waals surface area contributed by atoms with Gasteiger partial charge in [-0.2, -0.15) is 0 Å². The van der Waals surface area contributed by atoms with E-state index < -0.39 is 23.5 Å². The fraction of sp³-hybridized carbons (Fsp3) is 0.143. The maximum atomic E-state index is 14.0. The average Bonchev–Trinajstić information content (AvgIpc) is 2.46. The summed E-state index contributed by atoms with van der Waals surface area (Å²) in [4.78, 5) is 0. The molecule has 0 heterocycles. The first-order valence-electron chi connectivity index (χ1n) is 6.07. The highest BCUT2D eigenvalue weighted by molar-refractivity contribution is 9.10. The number of hydrogen-bond donors (Lipinski definition) is 3. The van der Waals surface area contributed by atoms with E-state index in [1.54, 1.807) is 0 Å². The van der Waals surface area contributed by atoms with Gasteiger partial charge in [0.15, 0.2) is 0 Å². The number of nitrogens with one attached hydrogen (secondary N) is 1. The Labute approximate surface area is 128 Å². The first kappa shape index (κ1) is 15.8. The largest absolute Gasteiger partial charge is 0.398 e. The monoisotopic (exact) mass is 359 g/mol. The molecule has 112 valence electrons. The molecule has 21 heavy (non-hydrogen) atoms. The van der Waals surface area contributed by atoms with Crippen molar-refractivity contribution >= 4 is 21.6 Å². The molecule has 0 saturated carbocycles. The Morgan fingerprint density at radius 2 is 1.86 bits per heavy atom. The number of benzene rings is 2. The van der Waals surface area contributed by atoms with E-state index in [2.05, 4.69) is 21.4 Å². The third kappa shape index (κ3) is 3.37. The Kier molecular flexibility index (Phi) is 4.87. The molecule has 5 N–H and O–H groups in total. The lowest BCUT2D eigenvalue weighted by molar-refractivity contribution is 0.496. The molecule has 3 nitrogen and oxygen atoms in total. The maximum absolute atomic E-state index is 14.0. The number of anilines is 1. The highest BCUT2D eigenvalue weighted by atomic mass is 79.9. The molecular formula is C14H13BrF3N3. The van der Waals surface area contributed by atoms with Crippen LogP contribution in [0, 0.1) is 17.5 Å². The topological polar surface area (TPSA) is 64.1 Å². The third-order valence-electron chi connectivity index (χ3n) is 3.17. The zero-order valence-electron chi connectivity index (χ0n) is 10.8. The standard InChI is InChI=1S/C14H13BrF3N3/c15-10-2-3-11(17)8(14(10)18)6-13(21-20)9-5-7(16)1-4-12(9)19/h1-5,13,21H,6,19-20H2. The van der Waals surface area contributed by atoms with Crippen LogP contribution in [-0.4, -0.2) is 0 Å². The van der Waals surface area contributed by atoms with Crippen molar-refractivity contribution in [2.45, 2.75) is 12.5 Å². The first-order chi connectivity index (χ1) is 9.93. The molecule has 0 aliphatic heterocycles. The summed E-state index contributed by atoms with van der Waals surface area (Å²) >= 11 is 3.00. The van der Waals surface area contributed by atoms with Gasteiger partial charge >= 0.3 is 0 Å². The molecule has 0 radical (unpaired) electrons. The van der Waals surface area contributed by atoms with Gasteiger partial charge in [-0.05, 0) is 58.2 Å². The quantitative estimate of drug-likeness (QED) is 0.340. The van der Waals surface area contributed by atoms with E-state index >= 15 is 0 Å². The van der Waals surface area contributed by atoms with Crippen LogP contribution in [0.5, 0.6) is 0 Å². The van der Waals surface area contributed by atoms with Crippen molar-refractivity contribution in [3.8, 4) is 0 Å². The van der Waals surface area contributed by atoms with Gasteiger partial charge in [-0.15, -0.1) is 0 Å². The van der Waals surface area contributed by atoms with Crippen molar-refractivity contribution in [1.29, 1.82) is 0 Å². The summed E-state index contributed by atoms with van der Waals surface area (Å²) in [6.45, 7) is 0. The van der Waals surface area contributed by atoms with Crippen molar-refractivity contribution in [3.05, 3.63) is 63.4 Å². The summed E-state index contributed by atoms with van der Waals surface area (Å²) in [5, 5.41) is 0. The van der Waals surface area contributed by atoms with Crippen LogP contribution in [0.25, 0.3) is 0 Å². The van der Waals surface area contributed by atoms with Crippen LogP contribution in [0.3, 0.4) is 0 Å². The molecule has 0 saturated heterocycles. The molecule has 0 fully saturated rings. The molecule has 2 aromatic carbocycles. The van der Waals surface area contributed by atoms with Crippen LogP contribution >= 0.6 is 15.9 Å². The second kappa shape index (κ2) is 6.46. The molecule has 0 amide bonds. The van der Waals surface area contributed by atoms with E-state index in [1.165, 1.54) is 24.3 Å². The van der Waals surface area contributed by atoms with Crippen LogP contribution < -0.4 is 17.0 Å². The number of nitrogens with two attached hydrogens (primary N) is 2. The summed E-state index contributed by atoms with van der Waals surface area (Å²) in [6.07, 6.45) is -0.110. The fourth-order valence-corrected chi connectivity index (χ4v) is 2.44. The summed E-state index contributed by atoms with van der Waals surface area (Å²) in [5.74, 6) is 3.50. The second-order valence-electron chi connectivity index (χ2n) is 4.52. The molecule has 2 aromatic rings. The Morgan fingerprint density at radius 3 is 2.52 bits per heavy atom. The highest BCUT2D eigenvalue weighted by Gasteiger charge is 2.20. The van der Waals surface area contributed by atoms with Gasteiger partial charge in [0.05, 0.1) is 10.5 Å². The zero-order chi connectivity index (χ0) is 15.6. The molecule has 0 bridgehead atoms. The van der Waals surface area contributed by atoms with Crippen LogP contribution in [-0.2, 0) is 6.42 Å². The van der Waals surface area contributed by atoms with Crippen molar-refractivity contribution in [2.75, 3.05) is 5.73 Å². The van der Waals surface area contributed by atoms with Gasteiger partial charge in [0.1, 0.15) is 17.5 Å². The summed E-state index contributed by atoms with van der Waals surface area (Å²) < 4.78 is 41.2. The predicted molar refractivity (Wildman–Crippen MR) is 78.6 cm³/mol. The first-order valence-corrected chi connectivity index (χ1v) is 6.86. The second-order valence-corrected chi connectivity index (χ2v) is 5.37. The van der Waals surface area contributed by atoms with Gasteiger partial charge in [0.2, 0.25) is 0 Å².